The molecule has 1 fully saturated rings. The van der Waals surface area contributed by atoms with Gasteiger partial charge in [-0.2, -0.15) is 0 Å². The van der Waals surface area contributed by atoms with Crippen molar-refractivity contribution in [3.8, 4) is 0 Å². The normalized spacial score (nSPS) is 17.1. The van der Waals surface area contributed by atoms with Crippen molar-refractivity contribution in [1.82, 2.24) is 4.90 Å². The van der Waals surface area contributed by atoms with Crippen LogP contribution in [-0.2, 0) is 4.74 Å². The third-order valence-corrected chi connectivity index (χ3v) is 12.8. The fourth-order valence-corrected chi connectivity index (χ4v) is 10.9. The predicted octanol–water partition coefficient (Wildman–Crippen LogP) is 6.63. The number of benzene rings is 4. The lowest BCUT2D eigenvalue weighted by atomic mass is 10.2. The number of amides is 1. The summed E-state index contributed by atoms with van der Waals surface area (Å²) in [7, 11) is -1.24. The van der Waals surface area contributed by atoms with E-state index >= 15 is 0 Å². The standard InChI is InChI=1S/C34H37NO2P2/c1-2-3-24-37-34(36)35-26-33(39(31-20-12-6-13-21-31)32-22-14-7-15-23-32)25-28(35)27-38(29-16-8-4-9-17-29)30-18-10-5-11-19-30/h4-23,28,33H,2-3,24-27H2,1H3/t28-,33-/m1/s1. The third kappa shape index (κ3) is 6.96. The largest absolute Gasteiger partial charge is 0.449 e. The van der Waals surface area contributed by atoms with E-state index in [4.69, 9.17) is 4.74 Å². The lowest BCUT2D eigenvalue weighted by Gasteiger charge is -2.28. The van der Waals surface area contributed by atoms with E-state index in [0.717, 1.165) is 32.0 Å². The number of likely N-dealkylation sites (tertiary alicyclic amines) is 1. The van der Waals surface area contributed by atoms with Gasteiger partial charge in [0.2, 0.25) is 0 Å². The molecule has 0 bridgehead atoms. The minimum absolute atomic E-state index is 0.132. The number of rotatable bonds is 10. The van der Waals surface area contributed by atoms with Crippen molar-refractivity contribution in [3.05, 3.63) is 121 Å². The van der Waals surface area contributed by atoms with Crippen molar-refractivity contribution in [1.29, 1.82) is 0 Å². The number of unbranched alkanes of at least 4 members (excludes halogenated alkanes) is 1. The molecule has 200 valence electrons. The molecule has 4 aromatic carbocycles. The lowest BCUT2D eigenvalue weighted by molar-refractivity contribution is 0.0998. The minimum Gasteiger partial charge on any atom is -0.449 e. The maximum Gasteiger partial charge on any atom is 0.410 e. The Morgan fingerprint density at radius 2 is 1.21 bits per heavy atom. The molecule has 4 aromatic rings. The number of hydrogen-bond acceptors (Lipinski definition) is 2. The van der Waals surface area contributed by atoms with E-state index in [0.29, 0.717) is 12.3 Å². The van der Waals surface area contributed by atoms with Crippen LogP contribution in [0.5, 0.6) is 0 Å². The van der Waals surface area contributed by atoms with Crippen LogP contribution in [0.25, 0.3) is 0 Å². The average Bonchev–Trinajstić information content (AvgIpc) is 3.41. The van der Waals surface area contributed by atoms with Crippen LogP contribution in [0.15, 0.2) is 121 Å². The summed E-state index contributed by atoms with van der Waals surface area (Å²) in [6, 6.07) is 43.6. The van der Waals surface area contributed by atoms with Gasteiger partial charge in [0, 0.05) is 18.2 Å². The van der Waals surface area contributed by atoms with Crippen LogP contribution < -0.4 is 21.2 Å². The van der Waals surface area contributed by atoms with E-state index in [1.807, 2.05) is 0 Å². The summed E-state index contributed by atoms with van der Waals surface area (Å²) < 4.78 is 5.83. The first kappa shape index (κ1) is 27.6. The van der Waals surface area contributed by atoms with Crippen LogP contribution in [0.2, 0.25) is 0 Å². The van der Waals surface area contributed by atoms with Gasteiger partial charge >= 0.3 is 6.09 Å². The van der Waals surface area contributed by atoms with Crippen LogP contribution in [0.4, 0.5) is 4.79 Å². The quantitative estimate of drug-likeness (QED) is 0.163. The minimum atomic E-state index is -0.622. The molecule has 0 saturated carbocycles. The summed E-state index contributed by atoms with van der Waals surface area (Å²) in [5.74, 6) is 0. The molecule has 1 aliphatic heterocycles. The fraction of sp³-hybridized carbons (Fsp3) is 0.265. The van der Waals surface area contributed by atoms with E-state index in [1.54, 1.807) is 0 Å². The van der Waals surface area contributed by atoms with Crippen LogP contribution in [0, 0.1) is 0 Å². The molecule has 0 spiro atoms. The van der Waals surface area contributed by atoms with E-state index in [2.05, 4.69) is 133 Å². The molecular weight excluding hydrogens is 516 g/mol. The number of ether oxygens (including phenoxy) is 1. The summed E-state index contributed by atoms with van der Waals surface area (Å²) in [6.07, 6.45) is 3.68. The topological polar surface area (TPSA) is 29.5 Å². The molecule has 5 rings (SSSR count). The summed E-state index contributed by atoms with van der Waals surface area (Å²) in [4.78, 5) is 15.6. The first-order chi connectivity index (χ1) is 19.2. The van der Waals surface area contributed by atoms with Crippen molar-refractivity contribution in [2.75, 3.05) is 19.3 Å². The maximum absolute atomic E-state index is 13.5. The smallest absolute Gasteiger partial charge is 0.410 e. The van der Waals surface area contributed by atoms with Crippen molar-refractivity contribution in [2.45, 2.75) is 37.9 Å². The van der Waals surface area contributed by atoms with Crippen LogP contribution in [-0.4, -0.2) is 42.0 Å². The molecule has 0 radical (unpaired) electrons. The molecule has 0 aromatic heterocycles. The molecule has 5 heteroatoms. The average molecular weight is 554 g/mol. The van der Waals surface area contributed by atoms with E-state index < -0.39 is 15.8 Å². The second kappa shape index (κ2) is 13.9. The predicted molar refractivity (Wildman–Crippen MR) is 168 cm³/mol. The Hall–Kier alpha value is -2.99. The molecule has 0 N–H and O–H groups in total. The summed E-state index contributed by atoms with van der Waals surface area (Å²) >= 11 is 0. The van der Waals surface area contributed by atoms with Crippen molar-refractivity contribution in [3.63, 3.8) is 0 Å². The highest BCUT2D eigenvalue weighted by Crippen LogP contribution is 2.48. The molecule has 3 nitrogen and oxygen atoms in total. The van der Waals surface area contributed by atoms with Gasteiger partial charge in [0.05, 0.1) is 6.61 Å². The molecule has 0 unspecified atom stereocenters. The molecule has 39 heavy (non-hydrogen) atoms. The number of nitrogens with zero attached hydrogens (tertiary/aromatic N) is 1. The van der Waals surface area contributed by atoms with E-state index in [-0.39, 0.29) is 12.1 Å². The Morgan fingerprint density at radius 3 is 1.67 bits per heavy atom. The summed E-state index contributed by atoms with van der Waals surface area (Å²) in [6.45, 7) is 3.35. The van der Waals surface area contributed by atoms with Gasteiger partial charge in [0.1, 0.15) is 0 Å². The molecule has 2 atom stereocenters. The van der Waals surface area contributed by atoms with Crippen molar-refractivity contribution < 1.29 is 9.53 Å². The zero-order chi connectivity index (χ0) is 26.9. The zero-order valence-corrected chi connectivity index (χ0v) is 24.4. The second-order valence-electron chi connectivity index (χ2n) is 9.99. The van der Waals surface area contributed by atoms with Crippen molar-refractivity contribution >= 4 is 43.2 Å². The van der Waals surface area contributed by atoms with E-state index in [1.165, 1.54) is 21.2 Å². The summed E-state index contributed by atoms with van der Waals surface area (Å²) in [5.41, 5.74) is 0.372. The Kier molecular flexibility index (Phi) is 9.81. The highest BCUT2D eigenvalue weighted by atomic mass is 31.1. The van der Waals surface area contributed by atoms with E-state index in [9.17, 15) is 4.79 Å². The van der Waals surface area contributed by atoms with Gasteiger partial charge in [-0.15, -0.1) is 0 Å². The Morgan fingerprint density at radius 1 is 0.744 bits per heavy atom. The number of carbonyl (C=O) groups is 1. The van der Waals surface area contributed by atoms with Gasteiger partial charge in [-0.25, -0.2) is 4.79 Å². The van der Waals surface area contributed by atoms with Gasteiger partial charge in [0.15, 0.2) is 0 Å². The van der Waals surface area contributed by atoms with Crippen LogP contribution in [0.3, 0.4) is 0 Å². The monoisotopic (exact) mass is 553 g/mol. The Labute approximate surface area is 235 Å². The maximum atomic E-state index is 13.5. The fourth-order valence-electron chi connectivity index (χ4n) is 5.40. The molecule has 0 aliphatic carbocycles. The molecule has 1 aliphatic rings. The zero-order valence-electron chi connectivity index (χ0n) is 22.6. The van der Waals surface area contributed by atoms with Gasteiger partial charge < -0.3 is 9.64 Å². The van der Waals surface area contributed by atoms with Crippen LogP contribution in [0.1, 0.15) is 26.2 Å². The SMILES string of the molecule is CCCCOC(=O)N1C[C@H](P(c2ccccc2)c2ccccc2)C[C@@H]1CP(c1ccccc1)c1ccccc1. The van der Waals surface area contributed by atoms with Gasteiger partial charge in [-0.3, -0.25) is 0 Å². The van der Waals surface area contributed by atoms with Gasteiger partial charge in [-0.05, 0) is 56.1 Å². The molecule has 1 heterocycles. The summed E-state index contributed by atoms with van der Waals surface area (Å²) in [5, 5.41) is 5.46. The lowest BCUT2D eigenvalue weighted by Crippen LogP contribution is -2.39. The van der Waals surface area contributed by atoms with Gasteiger partial charge in [-0.1, -0.05) is 135 Å². The van der Waals surface area contributed by atoms with Gasteiger partial charge in [0.25, 0.3) is 0 Å². The van der Waals surface area contributed by atoms with Crippen LogP contribution >= 0.6 is 15.8 Å². The molecular formula is C34H37NO2P2. The highest BCUT2D eigenvalue weighted by Gasteiger charge is 2.41. The molecule has 1 amide bonds. The Balaban J connectivity index is 1.48. The number of hydrogen-bond donors (Lipinski definition) is 0. The molecule has 1 saturated heterocycles. The van der Waals surface area contributed by atoms with Crippen molar-refractivity contribution in [2.24, 2.45) is 0 Å². The third-order valence-electron chi connectivity index (χ3n) is 7.31. The first-order valence-electron chi connectivity index (χ1n) is 13.9. The highest BCUT2D eigenvalue weighted by molar-refractivity contribution is 7.74. The number of carbonyl (C=O) groups excluding carboxylic acids is 1. The Bertz CT molecular complexity index is 1210. The first-order valence-corrected chi connectivity index (χ1v) is 16.9. The second-order valence-corrected chi connectivity index (χ2v) is 14.7.